The summed E-state index contributed by atoms with van der Waals surface area (Å²) in [6.45, 7) is 1.42. The maximum absolute atomic E-state index is 10.7. The average molecular weight is 164 g/mol. The van der Waals surface area contributed by atoms with Crippen molar-refractivity contribution in [2.45, 2.75) is 11.7 Å². The van der Waals surface area contributed by atoms with Crippen LogP contribution in [0.4, 0.5) is 0 Å². The van der Waals surface area contributed by atoms with Crippen LogP contribution in [0.2, 0.25) is 0 Å². The molecular weight excluding hydrogens is 152 g/mol. The van der Waals surface area contributed by atoms with Gasteiger partial charge in [-0.2, -0.15) is 0 Å². The van der Waals surface area contributed by atoms with E-state index in [1.54, 1.807) is 0 Å². The first kappa shape index (κ1) is 7.97. The first-order valence-electron chi connectivity index (χ1n) is 3.20. The quantitative estimate of drug-likeness (QED) is 0.539. The van der Waals surface area contributed by atoms with Gasteiger partial charge in [0.1, 0.15) is 0 Å². The van der Waals surface area contributed by atoms with Crippen LogP contribution in [0.25, 0.3) is 0 Å². The summed E-state index contributed by atoms with van der Waals surface area (Å²) >= 11 is 0. The number of nitrogens with zero attached hydrogens (tertiary/aromatic N) is 1. The first-order valence-corrected chi connectivity index (χ1v) is 4.81. The van der Waals surface area contributed by atoms with E-state index >= 15 is 0 Å². The molecule has 1 saturated heterocycles. The Kier molecular flexibility index (Phi) is 1.98. The molecule has 4 nitrogen and oxygen atoms in total. The van der Waals surface area contributed by atoms with Crippen LogP contribution >= 0.6 is 0 Å². The maximum atomic E-state index is 10.7. The SMILES string of the molecule is CN1CC[C@@H](S(N)(=O)=O)C1. The number of hydrogen-bond donors (Lipinski definition) is 1. The molecule has 0 spiro atoms. The fraction of sp³-hybridized carbons (Fsp3) is 1.00. The summed E-state index contributed by atoms with van der Waals surface area (Å²) in [4.78, 5) is 1.97. The molecule has 0 aromatic rings. The molecule has 1 aliphatic heterocycles. The highest BCUT2D eigenvalue weighted by Gasteiger charge is 2.28. The minimum absolute atomic E-state index is 0.336. The molecule has 5 heteroatoms. The Labute approximate surface area is 61.1 Å². The Balaban J connectivity index is 2.62. The third-order valence-electron chi connectivity index (χ3n) is 1.81. The molecule has 0 aliphatic carbocycles. The summed E-state index contributed by atoms with van der Waals surface area (Å²) in [5, 5.41) is 4.61. The summed E-state index contributed by atoms with van der Waals surface area (Å²) < 4.78 is 21.5. The van der Waals surface area contributed by atoms with Gasteiger partial charge in [-0.15, -0.1) is 0 Å². The lowest BCUT2D eigenvalue weighted by molar-refractivity contribution is 0.417. The summed E-state index contributed by atoms with van der Waals surface area (Å²) in [6.07, 6.45) is 0.676. The van der Waals surface area contributed by atoms with Gasteiger partial charge < -0.3 is 4.90 Å². The second-order valence-electron chi connectivity index (χ2n) is 2.76. The summed E-state index contributed by atoms with van der Waals surface area (Å²) in [5.74, 6) is 0. The summed E-state index contributed by atoms with van der Waals surface area (Å²) in [6, 6.07) is 0. The van der Waals surface area contributed by atoms with Crippen molar-refractivity contribution in [3.63, 3.8) is 0 Å². The number of rotatable bonds is 1. The Morgan fingerprint density at radius 3 is 2.40 bits per heavy atom. The first-order chi connectivity index (χ1) is 4.50. The molecule has 1 aliphatic rings. The van der Waals surface area contributed by atoms with Crippen molar-refractivity contribution in [3.05, 3.63) is 0 Å². The van der Waals surface area contributed by atoms with Crippen molar-refractivity contribution in [2.24, 2.45) is 5.14 Å². The van der Waals surface area contributed by atoms with Crippen LogP contribution in [0.1, 0.15) is 6.42 Å². The number of sulfonamides is 1. The number of primary sulfonamides is 1. The topological polar surface area (TPSA) is 63.4 Å². The van der Waals surface area contributed by atoms with Gasteiger partial charge in [0.2, 0.25) is 10.0 Å². The highest BCUT2D eigenvalue weighted by atomic mass is 32.2. The van der Waals surface area contributed by atoms with Gasteiger partial charge in [-0.25, -0.2) is 13.6 Å². The second kappa shape index (κ2) is 2.48. The molecule has 0 radical (unpaired) electrons. The molecule has 1 rings (SSSR count). The van der Waals surface area contributed by atoms with Gasteiger partial charge in [-0.1, -0.05) is 0 Å². The van der Waals surface area contributed by atoms with Crippen LogP contribution < -0.4 is 5.14 Å². The fourth-order valence-electron chi connectivity index (χ4n) is 1.16. The van der Waals surface area contributed by atoms with Crippen LogP contribution in [-0.4, -0.2) is 38.7 Å². The molecular formula is C5H12N2O2S. The van der Waals surface area contributed by atoms with Gasteiger partial charge in [0.05, 0.1) is 5.25 Å². The summed E-state index contributed by atoms with van der Waals surface area (Å²) in [5.41, 5.74) is 0. The summed E-state index contributed by atoms with van der Waals surface area (Å²) in [7, 11) is -1.38. The maximum Gasteiger partial charge on any atom is 0.213 e. The molecule has 0 bridgehead atoms. The van der Waals surface area contributed by atoms with Gasteiger partial charge in [0.15, 0.2) is 0 Å². The predicted octanol–water partition coefficient (Wildman–Crippen LogP) is -1.02. The van der Waals surface area contributed by atoms with E-state index in [9.17, 15) is 8.42 Å². The lowest BCUT2D eigenvalue weighted by atomic mass is 10.4. The zero-order chi connectivity index (χ0) is 7.78. The fourth-order valence-corrected chi connectivity index (χ4v) is 2.06. The molecule has 0 amide bonds. The number of likely N-dealkylation sites (tertiary alicyclic amines) is 1. The Bertz CT molecular complexity index is 212. The zero-order valence-electron chi connectivity index (χ0n) is 5.95. The van der Waals surface area contributed by atoms with Crippen LogP contribution in [0.5, 0.6) is 0 Å². The second-order valence-corrected chi connectivity index (χ2v) is 4.61. The highest BCUT2D eigenvalue weighted by Crippen LogP contribution is 2.11. The normalized spacial score (nSPS) is 29.2. The zero-order valence-corrected chi connectivity index (χ0v) is 6.76. The van der Waals surface area contributed by atoms with E-state index in [4.69, 9.17) is 5.14 Å². The van der Waals surface area contributed by atoms with E-state index in [-0.39, 0.29) is 5.25 Å². The van der Waals surface area contributed by atoms with E-state index in [1.807, 2.05) is 11.9 Å². The van der Waals surface area contributed by atoms with Crippen molar-refractivity contribution in [3.8, 4) is 0 Å². The van der Waals surface area contributed by atoms with Gasteiger partial charge in [0, 0.05) is 6.54 Å². The Morgan fingerprint density at radius 1 is 1.60 bits per heavy atom. The van der Waals surface area contributed by atoms with E-state index < -0.39 is 10.0 Å². The third-order valence-corrected chi connectivity index (χ3v) is 3.13. The van der Waals surface area contributed by atoms with E-state index in [1.165, 1.54) is 0 Å². The van der Waals surface area contributed by atoms with Gasteiger partial charge in [0.25, 0.3) is 0 Å². The monoisotopic (exact) mass is 164 g/mol. The average Bonchev–Trinajstić information content (AvgIpc) is 2.11. The minimum Gasteiger partial charge on any atom is -0.305 e. The van der Waals surface area contributed by atoms with E-state index in [0.717, 1.165) is 6.54 Å². The lowest BCUT2D eigenvalue weighted by Crippen LogP contribution is -2.30. The lowest BCUT2D eigenvalue weighted by Gasteiger charge is -2.06. The molecule has 60 valence electrons. The van der Waals surface area contributed by atoms with Gasteiger partial charge in [-0.3, -0.25) is 0 Å². The van der Waals surface area contributed by atoms with Crippen molar-refractivity contribution in [1.82, 2.24) is 4.90 Å². The van der Waals surface area contributed by atoms with Gasteiger partial charge in [-0.05, 0) is 20.0 Å². The molecule has 0 aromatic heterocycles. The number of hydrogen-bond acceptors (Lipinski definition) is 3. The molecule has 0 saturated carbocycles. The molecule has 1 heterocycles. The third kappa shape index (κ3) is 1.68. The highest BCUT2D eigenvalue weighted by molar-refractivity contribution is 7.89. The molecule has 10 heavy (non-hydrogen) atoms. The van der Waals surface area contributed by atoms with Crippen molar-refractivity contribution < 1.29 is 8.42 Å². The van der Waals surface area contributed by atoms with Crippen LogP contribution in [0.3, 0.4) is 0 Å². The molecule has 0 unspecified atom stereocenters. The van der Waals surface area contributed by atoms with Crippen LogP contribution in [-0.2, 0) is 10.0 Å². The standard InChI is InChI=1S/C5H12N2O2S/c1-7-3-2-5(4-7)10(6,8)9/h5H,2-4H2,1H3,(H2,6,8,9)/t5-/m1/s1. The van der Waals surface area contributed by atoms with Crippen molar-refractivity contribution in [2.75, 3.05) is 20.1 Å². The van der Waals surface area contributed by atoms with E-state index in [2.05, 4.69) is 0 Å². The van der Waals surface area contributed by atoms with E-state index in [0.29, 0.717) is 13.0 Å². The predicted molar refractivity (Wildman–Crippen MR) is 39.0 cm³/mol. The smallest absolute Gasteiger partial charge is 0.213 e. The largest absolute Gasteiger partial charge is 0.305 e. The van der Waals surface area contributed by atoms with Crippen LogP contribution in [0, 0.1) is 0 Å². The van der Waals surface area contributed by atoms with Crippen molar-refractivity contribution in [1.29, 1.82) is 0 Å². The Morgan fingerprint density at radius 2 is 2.20 bits per heavy atom. The minimum atomic E-state index is -3.28. The van der Waals surface area contributed by atoms with Crippen molar-refractivity contribution >= 4 is 10.0 Å². The molecule has 1 fully saturated rings. The van der Waals surface area contributed by atoms with Crippen LogP contribution in [0.15, 0.2) is 0 Å². The van der Waals surface area contributed by atoms with Gasteiger partial charge >= 0.3 is 0 Å². The molecule has 0 aromatic carbocycles. The number of nitrogens with two attached hydrogens (primary N) is 1. The molecule has 1 atom stereocenters. The molecule has 2 N–H and O–H groups in total. The Hall–Kier alpha value is -0.130.